The number of nitrogens with two attached hydrogens (primary N) is 1. The van der Waals surface area contributed by atoms with E-state index in [1.807, 2.05) is 0 Å². The van der Waals surface area contributed by atoms with E-state index in [2.05, 4.69) is 86.5 Å². The summed E-state index contributed by atoms with van der Waals surface area (Å²) in [6.45, 7) is 8.13. The zero-order valence-corrected chi connectivity index (χ0v) is 23.8. The van der Waals surface area contributed by atoms with E-state index in [4.69, 9.17) is 15.2 Å². The van der Waals surface area contributed by atoms with Gasteiger partial charge in [0.05, 0.1) is 32.2 Å². The van der Waals surface area contributed by atoms with Crippen LogP contribution in [0, 0.1) is 0 Å². The fourth-order valence-corrected chi connectivity index (χ4v) is 5.32. The summed E-state index contributed by atoms with van der Waals surface area (Å²) in [6.07, 6.45) is 7.05. The molecule has 37 heavy (non-hydrogen) atoms. The summed E-state index contributed by atoms with van der Waals surface area (Å²) in [7, 11) is 8.27. The molecule has 0 aromatic heterocycles. The van der Waals surface area contributed by atoms with Crippen molar-refractivity contribution < 1.29 is 14.0 Å². The highest BCUT2D eigenvalue weighted by Gasteiger charge is 2.32. The molecule has 0 aliphatic carbocycles. The number of hydrogen-bond donors (Lipinski definition) is 1. The number of rotatable bonds is 16. The number of nitrogens with zero attached hydrogens (tertiary/aromatic N) is 3. The molecule has 2 aromatic rings. The Kier molecular flexibility index (Phi) is 12.2. The Morgan fingerprint density at radius 3 is 1.62 bits per heavy atom. The molecule has 0 saturated carbocycles. The fourth-order valence-electron chi connectivity index (χ4n) is 5.32. The van der Waals surface area contributed by atoms with Crippen LogP contribution in [0.2, 0.25) is 0 Å². The predicted octanol–water partition coefficient (Wildman–Crippen LogP) is 4.07. The number of quaternary nitrogens is 1. The van der Waals surface area contributed by atoms with E-state index in [1.165, 1.54) is 60.9 Å². The Bertz CT molecular complexity index is 820. The number of likely N-dealkylation sites (tertiary alicyclic amines) is 1. The number of ether oxygens (including phenoxy) is 2. The molecule has 0 spiro atoms. The van der Waals surface area contributed by atoms with Crippen LogP contribution < -0.4 is 15.2 Å². The highest BCUT2D eigenvalue weighted by molar-refractivity contribution is 5.28. The summed E-state index contributed by atoms with van der Waals surface area (Å²) in [5.41, 5.74) is 9.27. The number of benzene rings is 2. The van der Waals surface area contributed by atoms with Crippen molar-refractivity contribution in [3.8, 4) is 11.5 Å². The molecule has 6 nitrogen and oxygen atoms in total. The first kappa shape index (κ1) is 29.4. The molecule has 1 aliphatic heterocycles. The van der Waals surface area contributed by atoms with Crippen molar-refractivity contribution in [3.63, 3.8) is 0 Å². The summed E-state index contributed by atoms with van der Waals surface area (Å²) in [6, 6.07) is 17.7. The lowest BCUT2D eigenvalue weighted by Gasteiger charge is -2.44. The summed E-state index contributed by atoms with van der Waals surface area (Å²) >= 11 is 0. The van der Waals surface area contributed by atoms with Gasteiger partial charge in [0.15, 0.2) is 0 Å². The molecule has 0 bridgehead atoms. The van der Waals surface area contributed by atoms with Gasteiger partial charge < -0.3 is 29.5 Å². The normalized spacial score (nSPS) is 17.3. The van der Waals surface area contributed by atoms with Gasteiger partial charge in [0.25, 0.3) is 0 Å². The lowest BCUT2D eigenvalue weighted by Crippen LogP contribution is -2.58. The van der Waals surface area contributed by atoms with E-state index in [0.717, 1.165) is 57.2 Å². The van der Waals surface area contributed by atoms with Crippen molar-refractivity contribution >= 4 is 0 Å². The first-order valence-corrected chi connectivity index (χ1v) is 14.2. The second-order valence-corrected chi connectivity index (χ2v) is 11.4. The van der Waals surface area contributed by atoms with Gasteiger partial charge in [0.1, 0.15) is 24.7 Å². The molecule has 2 N–H and O–H groups in total. The van der Waals surface area contributed by atoms with Crippen LogP contribution in [0.1, 0.15) is 36.8 Å². The van der Waals surface area contributed by atoms with Crippen LogP contribution in [0.5, 0.6) is 11.5 Å². The molecule has 206 valence electrons. The van der Waals surface area contributed by atoms with E-state index in [0.29, 0.717) is 6.04 Å². The number of piperidine rings is 1. The van der Waals surface area contributed by atoms with Crippen molar-refractivity contribution in [1.29, 1.82) is 0 Å². The zero-order valence-electron chi connectivity index (χ0n) is 23.8. The highest BCUT2D eigenvalue weighted by Crippen LogP contribution is 2.22. The Morgan fingerprint density at radius 2 is 1.22 bits per heavy atom. The van der Waals surface area contributed by atoms with Gasteiger partial charge in [-0.3, -0.25) is 0 Å². The molecular formula is C31H51N4O2+. The highest BCUT2D eigenvalue weighted by atomic mass is 16.5. The van der Waals surface area contributed by atoms with Gasteiger partial charge in [0, 0.05) is 25.9 Å². The average molecular weight is 512 g/mol. The van der Waals surface area contributed by atoms with E-state index >= 15 is 0 Å². The third-order valence-corrected chi connectivity index (χ3v) is 7.49. The van der Waals surface area contributed by atoms with Crippen molar-refractivity contribution in [1.82, 2.24) is 9.80 Å². The minimum Gasteiger partial charge on any atom is -0.492 e. The monoisotopic (exact) mass is 511 g/mol. The molecule has 0 amide bonds. The number of aryl methyl sites for hydroxylation is 2. The molecule has 1 aliphatic rings. The lowest BCUT2D eigenvalue weighted by atomic mass is 10.00. The van der Waals surface area contributed by atoms with Crippen LogP contribution >= 0.6 is 0 Å². The van der Waals surface area contributed by atoms with Crippen LogP contribution in [0.4, 0.5) is 0 Å². The second kappa shape index (κ2) is 15.3. The SMILES string of the molecule is CN(C)CCOc1ccc(CCC[N+]2(CCCc3ccc(OCCN(C)C)cc3)CCC[C@H](N)C2)cc1. The van der Waals surface area contributed by atoms with Crippen LogP contribution in [0.3, 0.4) is 0 Å². The Hall–Kier alpha value is -2.12. The molecule has 3 rings (SSSR count). The summed E-state index contributed by atoms with van der Waals surface area (Å²) < 4.78 is 12.9. The van der Waals surface area contributed by atoms with Crippen molar-refractivity contribution in [3.05, 3.63) is 59.7 Å². The van der Waals surface area contributed by atoms with Crippen LogP contribution in [0.25, 0.3) is 0 Å². The molecule has 1 saturated heterocycles. The average Bonchev–Trinajstić information content (AvgIpc) is 2.86. The third-order valence-electron chi connectivity index (χ3n) is 7.49. The standard InChI is InChI=1S/C31H51N4O2/c1-33(2)19-24-36-30-15-11-27(12-16-30)8-5-21-35(23-7-10-29(32)26-35)22-6-9-28-13-17-31(18-14-28)37-25-20-34(3)4/h11-18,29H,5-10,19-26,32H2,1-4H3/q+1/t29-/m0/s1. The molecule has 1 heterocycles. The number of hydrogen-bond acceptors (Lipinski definition) is 5. The topological polar surface area (TPSA) is 51.0 Å². The van der Waals surface area contributed by atoms with E-state index in [9.17, 15) is 0 Å². The van der Waals surface area contributed by atoms with Crippen LogP contribution in [-0.2, 0) is 12.8 Å². The summed E-state index contributed by atoms with van der Waals surface area (Å²) in [5, 5.41) is 0. The molecule has 1 fully saturated rings. The minimum absolute atomic E-state index is 0.339. The predicted molar refractivity (Wildman–Crippen MR) is 155 cm³/mol. The van der Waals surface area contributed by atoms with E-state index in [1.54, 1.807) is 0 Å². The summed E-state index contributed by atoms with van der Waals surface area (Å²) in [4.78, 5) is 4.28. The Labute approximate surface area is 225 Å². The van der Waals surface area contributed by atoms with Gasteiger partial charge in [-0.1, -0.05) is 24.3 Å². The maximum absolute atomic E-state index is 6.48. The maximum Gasteiger partial charge on any atom is 0.119 e. The Balaban J connectivity index is 1.45. The van der Waals surface area contributed by atoms with Crippen LogP contribution in [0.15, 0.2) is 48.5 Å². The first-order valence-electron chi connectivity index (χ1n) is 14.2. The van der Waals surface area contributed by atoms with E-state index < -0.39 is 0 Å². The molecule has 6 heteroatoms. The molecular weight excluding hydrogens is 460 g/mol. The summed E-state index contributed by atoms with van der Waals surface area (Å²) in [5.74, 6) is 1.92. The second-order valence-electron chi connectivity index (χ2n) is 11.4. The van der Waals surface area contributed by atoms with Gasteiger partial charge in [-0.15, -0.1) is 0 Å². The maximum atomic E-state index is 6.48. The first-order chi connectivity index (χ1) is 17.8. The smallest absolute Gasteiger partial charge is 0.119 e. The fraction of sp³-hybridized carbons (Fsp3) is 0.613. The quantitative estimate of drug-likeness (QED) is 0.344. The van der Waals surface area contributed by atoms with Crippen LogP contribution in [-0.4, -0.2) is 101 Å². The van der Waals surface area contributed by atoms with Crippen molar-refractivity contribution in [2.45, 2.75) is 44.6 Å². The molecule has 0 radical (unpaired) electrons. The zero-order chi connectivity index (χ0) is 26.5. The number of likely N-dealkylation sites (N-methyl/N-ethyl adjacent to an activating group) is 2. The minimum atomic E-state index is 0.339. The third kappa shape index (κ3) is 11.0. The molecule has 2 aromatic carbocycles. The lowest BCUT2D eigenvalue weighted by molar-refractivity contribution is -0.933. The van der Waals surface area contributed by atoms with Crippen molar-refractivity contribution in [2.75, 3.05) is 80.7 Å². The van der Waals surface area contributed by atoms with Gasteiger partial charge in [-0.25, -0.2) is 0 Å². The van der Waals surface area contributed by atoms with Crippen molar-refractivity contribution in [2.24, 2.45) is 5.73 Å². The molecule has 1 atom stereocenters. The van der Waals surface area contributed by atoms with Gasteiger partial charge in [-0.2, -0.15) is 0 Å². The largest absolute Gasteiger partial charge is 0.492 e. The molecule has 0 unspecified atom stereocenters. The van der Waals surface area contributed by atoms with E-state index in [-0.39, 0.29) is 0 Å². The van der Waals surface area contributed by atoms with Gasteiger partial charge in [-0.05, 0) is 89.3 Å². The Morgan fingerprint density at radius 1 is 0.757 bits per heavy atom. The van der Waals surface area contributed by atoms with Gasteiger partial charge in [0.2, 0.25) is 0 Å². The van der Waals surface area contributed by atoms with Gasteiger partial charge >= 0.3 is 0 Å².